The molecule has 258 valence electrons. The molecule has 48 heavy (non-hydrogen) atoms. The molecule has 3 aromatic heterocycles. The largest absolute Gasteiger partial charge is 0.503 e. The first kappa shape index (κ1) is 35.2. The average molecular weight is 713 g/mol. The summed E-state index contributed by atoms with van der Waals surface area (Å²) in [5, 5.41) is 29.8. The number of nitrogens with two attached hydrogens (primary N) is 1. The number of anilines is 1. The number of aromatic nitrogens is 5. The third-order valence-corrected chi connectivity index (χ3v) is 8.22. The Hall–Kier alpha value is -5.62. The predicted molar refractivity (Wildman–Crippen MR) is 163 cm³/mol. The van der Waals surface area contributed by atoms with Crippen LogP contribution in [0, 0.1) is 0 Å². The van der Waals surface area contributed by atoms with E-state index in [1.165, 1.54) is 5.38 Å². The number of carboxylic acids is 1. The Bertz CT molecular complexity index is 2030. The molecule has 22 nitrogen and oxygen atoms in total. The molecule has 4 rings (SSSR count). The average Bonchev–Trinajstić information content (AvgIpc) is 3.59. The molecule has 4 heterocycles. The van der Waals surface area contributed by atoms with Gasteiger partial charge in [0.2, 0.25) is 11.0 Å². The summed E-state index contributed by atoms with van der Waals surface area (Å²) in [5.74, 6) is -4.52. The normalized spacial score (nSPS) is 15.1. The summed E-state index contributed by atoms with van der Waals surface area (Å²) < 4.78 is 33.7. The fourth-order valence-corrected chi connectivity index (χ4v) is 5.23. The van der Waals surface area contributed by atoms with Crippen LogP contribution in [-0.4, -0.2) is 108 Å². The van der Waals surface area contributed by atoms with E-state index >= 15 is 0 Å². The van der Waals surface area contributed by atoms with Gasteiger partial charge in [-0.2, -0.15) is 8.42 Å². The number of nitrogens with zero attached hydrogens (tertiary/aromatic N) is 6. The van der Waals surface area contributed by atoms with Gasteiger partial charge in [0, 0.05) is 24.3 Å². The van der Waals surface area contributed by atoms with E-state index in [0.717, 1.165) is 42.0 Å². The number of hydrogen-bond acceptors (Lipinski definition) is 16. The molecule has 0 aromatic carbocycles. The van der Waals surface area contributed by atoms with E-state index in [4.69, 9.17) is 15.3 Å². The summed E-state index contributed by atoms with van der Waals surface area (Å²) in [7, 11) is -5.10. The van der Waals surface area contributed by atoms with Gasteiger partial charge in [-0.3, -0.25) is 23.9 Å². The van der Waals surface area contributed by atoms with E-state index in [0.29, 0.717) is 4.90 Å². The van der Waals surface area contributed by atoms with Crippen molar-refractivity contribution in [3.05, 3.63) is 44.0 Å². The Kier molecular flexibility index (Phi) is 10.00. The van der Waals surface area contributed by atoms with Crippen molar-refractivity contribution in [2.75, 3.05) is 25.5 Å². The first-order valence-corrected chi connectivity index (χ1v) is 15.9. The smallest absolute Gasteiger partial charge is 0.362 e. The highest BCUT2D eigenvalue weighted by Crippen LogP contribution is 2.17. The third-order valence-electron chi connectivity index (χ3n) is 6.42. The molecule has 0 unspecified atom stereocenters. The van der Waals surface area contributed by atoms with Gasteiger partial charge in [-0.15, -0.1) is 16.4 Å². The fraction of sp³-hybridized carbons (Fsp3) is 0.375. The van der Waals surface area contributed by atoms with Gasteiger partial charge in [-0.1, -0.05) is 9.24 Å². The molecule has 0 bridgehead atoms. The number of rotatable bonds is 13. The number of carbonyl (C=O) groups excluding carboxylic acids is 3. The number of urea groups is 1. The van der Waals surface area contributed by atoms with Crippen LogP contribution in [-0.2, 0) is 40.7 Å². The molecule has 1 atom stereocenters. The molecule has 4 amide bonds. The lowest BCUT2D eigenvalue weighted by Gasteiger charge is -2.36. The summed E-state index contributed by atoms with van der Waals surface area (Å²) in [6.45, 7) is 3.45. The van der Waals surface area contributed by atoms with Crippen LogP contribution in [0.3, 0.4) is 0 Å². The maximum absolute atomic E-state index is 13.1. The Balaban J connectivity index is 1.50. The minimum atomic E-state index is -5.10. The first-order valence-electron chi connectivity index (χ1n) is 13.6. The Morgan fingerprint density at radius 1 is 1.27 bits per heavy atom. The zero-order chi connectivity index (χ0) is 35.6. The number of carboxylic acid groups (broad SMARTS) is 1. The number of nitrogen functional groups attached to an aromatic ring is 1. The van der Waals surface area contributed by atoms with Gasteiger partial charge in [-0.25, -0.2) is 24.1 Å². The third kappa shape index (κ3) is 7.34. The summed E-state index contributed by atoms with van der Waals surface area (Å²) >= 11 is 0.931. The van der Waals surface area contributed by atoms with Crippen LogP contribution in [0.1, 0.15) is 26.5 Å². The Morgan fingerprint density at radius 3 is 2.56 bits per heavy atom. The fourth-order valence-electron chi connectivity index (χ4n) is 3.78. The van der Waals surface area contributed by atoms with E-state index < -0.39 is 74.8 Å². The van der Waals surface area contributed by atoms with E-state index in [9.17, 15) is 47.4 Å². The molecular weight excluding hydrogens is 684 g/mol. The zero-order valence-corrected chi connectivity index (χ0v) is 26.8. The van der Waals surface area contributed by atoms with Gasteiger partial charge in [0.05, 0.1) is 25.4 Å². The van der Waals surface area contributed by atoms with Crippen LogP contribution in [0.4, 0.5) is 9.93 Å². The van der Waals surface area contributed by atoms with Crippen molar-refractivity contribution in [2.24, 2.45) is 5.16 Å². The number of carbonyl (C=O) groups is 4. The highest BCUT2D eigenvalue weighted by atomic mass is 32.2. The van der Waals surface area contributed by atoms with Crippen molar-refractivity contribution >= 4 is 56.2 Å². The second-order valence-electron chi connectivity index (χ2n) is 10.2. The molecule has 7 N–H and O–H groups in total. The molecule has 0 saturated carbocycles. The van der Waals surface area contributed by atoms with Crippen LogP contribution in [0.5, 0.6) is 5.75 Å². The van der Waals surface area contributed by atoms with Gasteiger partial charge in [-0.05, 0) is 20.8 Å². The summed E-state index contributed by atoms with van der Waals surface area (Å²) in [4.78, 5) is 86.8. The molecule has 24 heteroatoms. The van der Waals surface area contributed by atoms with Crippen LogP contribution in [0.2, 0.25) is 0 Å². The van der Waals surface area contributed by atoms with Gasteiger partial charge >= 0.3 is 27.9 Å². The van der Waals surface area contributed by atoms with Crippen LogP contribution < -0.4 is 26.9 Å². The van der Waals surface area contributed by atoms with Crippen molar-refractivity contribution in [3.63, 3.8) is 0 Å². The molecule has 0 aliphatic carbocycles. The highest BCUT2D eigenvalue weighted by molar-refractivity contribution is 7.88. The number of nitrogens with one attached hydrogen (secondary N) is 3. The van der Waals surface area contributed by atoms with Gasteiger partial charge in [0.15, 0.2) is 22.4 Å². The van der Waals surface area contributed by atoms with Gasteiger partial charge in [0.25, 0.3) is 11.8 Å². The van der Waals surface area contributed by atoms with E-state index in [1.807, 2.05) is 0 Å². The lowest BCUT2D eigenvalue weighted by molar-refractivity contribution is -0.161. The number of hydrogen-bond donors (Lipinski definition) is 6. The van der Waals surface area contributed by atoms with E-state index in [2.05, 4.69) is 25.5 Å². The number of oxime groups is 1. The molecular formula is C24H28N10O12S2. The molecule has 1 saturated heterocycles. The van der Waals surface area contributed by atoms with Crippen molar-refractivity contribution in [1.82, 2.24) is 38.7 Å². The second-order valence-corrected chi connectivity index (χ2v) is 12.6. The first-order chi connectivity index (χ1) is 22.5. The Morgan fingerprint density at radius 2 is 1.98 bits per heavy atom. The number of likely N-dealkylation sites (tertiary alicyclic amines) is 1. The topological polar surface area (TPSA) is 313 Å². The molecule has 1 fully saturated rings. The number of pyridine rings is 1. The predicted octanol–water partition coefficient (Wildman–Crippen LogP) is -2.41. The minimum absolute atomic E-state index is 0.0356. The van der Waals surface area contributed by atoms with Gasteiger partial charge in [0.1, 0.15) is 11.7 Å². The van der Waals surface area contributed by atoms with E-state index in [1.54, 1.807) is 11.6 Å². The minimum Gasteiger partial charge on any atom is -0.503 e. The standard InChI is InChI=1S/C24H28N10O12S2/c1-4-45-6-5-32-17(11-7-14(35)15(36)8-26-11)29-34(23(32)42)48(43,44)31-22(41)33-9-12(19(33)38)27-18(37)16(13-10-47-21(25)28-13)30-46-24(2,3)20(39)40/h7-8,10,12,36H,4-6,9H2,1-3H3,(H2,25,28)(H,26,35)(H,27,37)(H,31,41)(H,39,40)/t12-/m0/s1. The lowest BCUT2D eigenvalue weighted by Crippen LogP contribution is -2.68. The number of aromatic hydroxyl groups is 1. The van der Waals surface area contributed by atoms with Crippen LogP contribution >= 0.6 is 11.3 Å². The maximum atomic E-state index is 13.1. The summed E-state index contributed by atoms with van der Waals surface area (Å²) in [6.07, 6.45) is 0.903. The van der Waals surface area contributed by atoms with Crippen molar-refractivity contribution in [1.29, 1.82) is 0 Å². The van der Waals surface area contributed by atoms with Crippen molar-refractivity contribution < 1.29 is 47.4 Å². The number of imide groups is 1. The van der Waals surface area contributed by atoms with Crippen LogP contribution in [0.25, 0.3) is 11.5 Å². The summed E-state index contributed by atoms with van der Waals surface area (Å²) in [5.41, 5.74) is 0.837. The monoisotopic (exact) mass is 712 g/mol. The number of aliphatic carboxylic acids is 1. The molecule has 0 radical (unpaired) electrons. The highest BCUT2D eigenvalue weighted by Gasteiger charge is 2.44. The second kappa shape index (κ2) is 13.6. The number of aromatic amines is 1. The Labute approximate surface area is 272 Å². The number of thiazole rings is 1. The van der Waals surface area contributed by atoms with Crippen molar-refractivity contribution in [3.8, 4) is 17.3 Å². The SMILES string of the molecule is CCOCCn1c(-c2cc(=O)c(O)c[nH]2)nn(S(=O)(=O)NC(=O)N2C[C@H](NC(=O)C(=NOC(C)(C)C(=O)O)c3csc(N)n3)C2=O)c1=O. The number of ether oxygens (including phenoxy) is 1. The molecule has 1 aliphatic heterocycles. The maximum Gasteiger partial charge on any atom is 0.362 e. The number of H-pyrrole nitrogens is 1. The van der Waals surface area contributed by atoms with E-state index in [-0.39, 0.29) is 46.2 Å². The molecule has 0 spiro atoms. The van der Waals surface area contributed by atoms with Crippen molar-refractivity contribution in [2.45, 2.75) is 39.0 Å². The molecule has 1 aliphatic rings. The lowest BCUT2D eigenvalue weighted by atomic mass is 10.1. The summed E-state index contributed by atoms with van der Waals surface area (Å²) in [6, 6.07) is -1.98. The number of amides is 4. The number of β-lactam (4-membered cyclic amide) rings is 1. The molecule has 3 aromatic rings. The van der Waals surface area contributed by atoms with Crippen LogP contribution in [0.15, 0.2) is 32.4 Å². The zero-order valence-electron chi connectivity index (χ0n) is 25.2. The van der Waals surface area contributed by atoms with Gasteiger partial charge < -0.3 is 35.8 Å². The quantitative estimate of drug-likeness (QED) is 0.0465.